The molecule has 0 rings (SSSR count). The zero-order chi connectivity index (χ0) is 6.62. The van der Waals surface area contributed by atoms with Gasteiger partial charge in [-0.15, -0.1) is 0 Å². The molecular weight excluding hydrogens is 139 g/mol. The van der Waals surface area contributed by atoms with Crippen LogP contribution in [0.3, 0.4) is 0 Å². The van der Waals surface area contributed by atoms with Crippen LogP contribution in [0.15, 0.2) is 0 Å². The van der Waals surface area contributed by atoms with Gasteiger partial charge in [-0.1, -0.05) is 20.8 Å². The van der Waals surface area contributed by atoms with E-state index in [0.717, 1.165) is 19.3 Å². The first kappa shape index (κ1) is 13.2. The summed E-state index contributed by atoms with van der Waals surface area (Å²) < 4.78 is 0. The smallest absolute Gasteiger partial charge is 0.0640 e. The molecule has 0 atom stereocenters. The van der Waals surface area contributed by atoms with Gasteiger partial charge in [-0.25, -0.2) is 0 Å². The van der Waals surface area contributed by atoms with Gasteiger partial charge >= 0.3 is 0 Å². The van der Waals surface area contributed by atoms with Crippen LogP contribution in [-0.4, -0.2) is 62.1 Å². The Hall–Kier alpha value is 1.60. The van der Waals surface area contributed by atoms with Gasteiger partial charge in [-0.05, 0) is 19.3 Å². The molecule has 0 aromatic rings. The SMILES string of the molecule is CCC(O)(CC)CC.[K]. The van der Waals surface area contributed by atoms with Crippen molar-refractivity contribution in [3.63, 3.8) is 0 Å². The third-order valence-corrected chi connectivity index (χ3v) is 1.97. The van der Waals surface area contributed by atoms with Crippen molar-refractivity contribution in [2.45, 2.75) is 45.6 Å². The standard InChI is InChI=1S/C7H16O.K/c1-4-7(8,5-2)6-3;/h8H,4-6H2,1-3H3;. The molecule has 0 aliphatic heterocycles. The molecule has 0 saturated carbocycles. The van der Waals surface area contributed by atoms with Crippen molar-refractivity contribution in [3.05, 3.63) is 0 Å². The zero-order valence-corrected chi connectivity index (χ0v) is 10.2. The van der Waals surface area contributed by atoms with Crippen molar-refractivity contribution in [2.75, 3.05) is 0 Å². The molecule has 0 unspecified atom stereocenters. The van der Waals surface area contributed by atoms with Crippen LogP contribution in [0.1, 0.15) is 40.0 Å². The van der Waals surface area contributed by atoms with Crippen LogP contribution in [0.5, 0.6) is 0 Å². The summed E-state index contributed by atoms with van der Waals surface area (Å²) in [5.41, 5.74) is -0.375. The maximum Gasteiger partial charge on any atom is 0.0640 e. The molecule has 1 nitrogen and oxygen atoms in total. The fraction of sp³-hybridized carbons (Fsp3) is 1.00. The van der Waals surface area contributed by atoms with Gasteiger partial charge in [0.1, 0.15) is 0 Å². The Bertz CT molecular complexity index is 51.7. The first-order valence-electron chi connectivity index (χ1n) is 3.41. The first-order valence-corrected chi connectivity index (χ1v) is 3.41. The normalized spacial score (nSPS) is 10.7. The summed E-state index contributed by atoms with van der Waals surface area (Å²) in [6, 6.07) is 0. The second kappa shape index (κ2) is 6.32. The zero-order valence-electron chi connectivity index (χ0n) is 7.07. The fourth-order valence-electron chi connectivity index (χ4n) is 0.750. The Labute approximate surface area is 101 Å². The van der Waals surface area contributed by atoms with Crippen LogP contribution in [0.2, 0.25) is 0 Å². The van der Waals surface area contributed by atoms with Gasteiger partial charge in [0.05, 0.1) is 5.60 Å². The van der Waals surface area contributed by atoms with E-state index in [1.165, 1.54) is 0 Å². The van der Waals surface area contributed by atoms with Gasteiger partial charge in [0, 0.05) is 51.4 Å². The summed E-state index contributed by atoms with van der Waals surface area (Å²) in [5.74, 6) is 0. The quantitative estimate of drug-likeness (QED) is 0.613. The molecule has 51 valence electrons. The molecule has 0 aliphatic rings. The molecule has 0 fully saturated rings. The predicted molar refractivity (Wildman–Crippen MR) is 41.6 cm³/mol. The van der Waals surface area contributed by atoms with Crippen molar-refractivity contribution in [3.8, 4) is 0 Å². The van der Waals surface area contributed by atoms with Crippen LogP contribution >= 0.6 is 0 Å². The Morgan fingerprint density at radius 3 is 1.22 bits per heavy atom. The molecule has 0 aliphatic carbocycles. The van der Waals surface area contributed by atoms with E-state index in [9.17, 15) is 5.11 Å². The van der Waals surface area contributed by atoms with E-state index in [1.54, 1.807) is 0 Å². The molecule has 9 heavy (non-hydrogen) atoms. The summed E-state index contributed by atoms with van der Waals surface area (Å²) in [5, 5.41) is 9.44. The van der Waals surface area contributed by atoms with Crippen LogP contribution in [-0.2, 0) is 0 Å². The summed E-state index contributed by atoms with van der Waals surface area (Å²) in [6.07, 6.45) is 2.62. The molecule has 0 aromatic heterocycles. The van der Waals surface area contributed by atoms with Crippen LogP contribution < -0.4 is 0 Å². The van der Waals surface area contributed by atoms with E-state index in [2.05, 4.69) is 0 Å². The third-order valence-electron chi connectivity index (χ3n) is 1.97. The van der Waals surface area contributed by atoms with Crippen LogP contribution in [0.4, 0.5) is 0 Å². The number of hydrogen-bond acceptors (Lipinski definition) is 1. The predicted octanol–water partition coefficient (Wildman–Crippen LogP) is 1.57. The summed E-state index contributed by atoms with van der Waals surface area (Å²) in [7, 11) is 0. The van der Waals surface area contributed by atoms with Crippen molar-refractivity contribution in [1.82, 2.24) is 0 Å². The van der Waals surface area contributed by atoms with Gasteiger partial charge in [0.15, 0.2) is 0 Å². The third kappa shape index (κ3) is 4.93. The van der Waals surface area contributed by atoms with Gasteiger partial charge < -0.3 is 5.11 Å². The monoisotopic (exact) mass is 155 g/mol. The minimum Gasteiger partial charge on any atom is -0.390 e. The molecule has 0 bridgehead atoms. The molecule has 2 heteroatoms. The molecule has 1 radical (unpaired) electrons. The van der Waals surface area contributed by atoms with E-state index in [1.807, 2.05) is 20.8 Å². The Kier molecular flexibility index (Phi) is 9.27. The average Bonchev–Trinajstić information content (AvgIpc) is 1.87. The molecule has 0 spiro atoms. The number of rotatable bonds is 3. The van der Waals surface area contributed by atoms with E-state index in [0.29, 0.717) is 0 Å². The van der Waals surface area contributed by atoms with E-state index >= 15 is 0 Å². The van der Waals surface area contributed by atoms with Gasteiger partial charge in [-0.2, -0.15) is 0 Å². The van der Waals surface area contributed by atoms with Crippen molar-refractivity contribution in [1.29, 1.82) is 0 Å². The summed E-state index contributed by atoms with van der Waals surface area (Å²) >= 11 is 0. The fourth-order valence-corrected chi connectivity index (χ4v) is 0.750. The van der Waals surface area contributed by atoms with Crippen LogP contribution in [0.25, 0.3) is 0 Å². The average molecular weight is 155 g/mol. The van der Waals surface area contributed by atoms with E-state index in [-0.39, 0.29) is 57.0 Å². The van der Waals surface area contributed by atoms with Crippen LogP contribution in [0, 0.1) is 0 Å². The van der Waals surface area contributed by atoms with Gasteiger partial charge in [-0.3, -0.25) is 0 Å². The topological polar surface area (TPSA) is 20.2 Å². The van der Waals surface area contributed by atoms with E-state index in [4.69, 9.17) is 0 Å². The minimum absolute atomic E-state index is 0. The Morgan fingerprint density at radius 2 is 1.22 bits per heavy atom. The molecule has 0 heterocycles. The minimum atomic E-state index is -0.375. The summed E-state index contributed by atoms with van der Waals surface area (Å²) in [6.45, 7) is 6.06. The molecule has 0 amide bonds. The second-order valence-corrected chi connectivity index (χ2v) is 2.29. The maximum atomic E-state index is 9.44. The first-order chi connectivity index (χ1) is 3.68. The van der Waals surface area contributed by atoms with Gasteiger partial charge in [0.2, 0.25) is 0 Å². The molecular formula is C7H16KO. The van der Waals surface area contributed by atoms with E-state index < -0.39 is 0 Å². The molecule has 0 saturated heterocycles. The molecule has 0 aromatic carbocycles. The molecule has 1 N–H and O–H groups in total. The largest absolute Gasteiger partial charge is 0.390 e. The summed E-state index contributed by atoms with van der Waals surface area (Å²) in [4.78, 5) is 0. The van der Waals surface area contributed by atoms with Crippen molar-refractivity contribution < 1.29 is 5.11 Å². The van der Waals surface area contributed by atoms with Crippen molar-refractivity contribution in [2.24, 2.45) is 0 Å². The maximum absolute atomic E-state index is 9.44. The second-order valence-electron chi connectivity index (χ2n) is 2.29. The number of aliphatic hydroxyl groups is 1. The van der Waals surface area contributed by atoms with Crippen molar-refractivity contribution >= 4 is 51.4 Å². The number of hydrogen-bond donors (Lipinski definition) is 1. The Morgan fingerprint density at radius 1 is 1.00 bits per heavy atom. The van der Waals surface area contributed by atoms with Gasteiger partial charge in [0.25, 0.3) is 0 Å². The Balaban J connectivity index is 0.